The first kappa shape index (κ1) is 11.5. The highest BCUT2D eigenvalue weighted by molar-refractivity contribution is 5.97. The minimum absolute atomic E-state index is 0.527. The molecular formula is C14H20N4. The quantitative estimate of drug-likeness (QED) is 0.828. The molecule has 1 aromatic rings. The van der Waals surface area contributed by atoms with Gasteiger partial charge in [0, 0.05) is 18.3 Å². The van der Waals surface area contributed by atoms with Crippen molar-refractivity contribution >= 4 is 11.6 Å². The zero-order chi connectivity index (χ0) is 12.4. The van der Waals surface area contributed by atoms with Gasteiger partial charge in [0.1, 0.15) is 0 Å². The highest BCUT2D eigenvalue weighted by Gasteiger charge is 2.23. The van der Waals surface area contributed by atoms with Crippen LogP contribution in [0.25, 0.3) is 0 Å². The number of hydrogen-bond donors (Lipinski definition) is 2. The Labute approximate surface area is 108 Å². The van der Waals surface area contributed by atoms with Crippen LogP contribution in [0.2, 0.25) is 0 Å². The molecule has 18 heavy (non-hydrogen) atoms. The molecule has 0 spiro atoms. The number of guanidine groups is 1. The minimum Gasteiger partial charge on any atom is -0.370 e. The molecule has 2 heterocycles. The smallest absolute Gasteiger partial charge is 0.196 e. The lowest BCUT2D eigenvalue weighted by molar-refractivity contribution is 0.406. The van der Waals surface area contributed by atoms with Crippen LogP contribution in [-0.2, 0) is 6.54 Å². The average molecular weight is 244 g/mol. The van der Waals surface area contributed by atoms with Gasteiger partial charge < -0.3 is 16.0 Å². The van der Waals surface area contributed by atoms with Crippen LogP contribution in [0.4, 0.5) is 5.69 Å². The maximum absolute atomic E-state index is 6.06. The summed E-state index contributed by atoms with van der Waals surface area (Å²) in [4.78, 5) is 6.57. The van der Waals surface area contributed by atoms with Gasteiger partial charge in [0.15, 0.2) is 5.96 Å². The van der Waals surface area contributed by atoms with Crippen molar-refractivity contribution in [1.29, 1.82) is 0 Å². The number of nitrogens with two attached hydrogens (primary N) is 1. The van der Waals surface area contributed by atoms with Crippen LogP contribution in [0.1, 0.15) is 24.8 Å². The maximum Gasteiger partial charge on any atom is 0.196 e. The van der Waals surface area contributed by atoms with Crippen LogP contribution in [0.15, 0.2) is 29.3 Å². The summed E-state index contributed by atoms with van der Waals surface area (Å²) in [6, 6.07) is 8.93. The van der Waals surface area contributed by atoms with Crippen LogP contribution >= 0.6 is 0 Å². The summed E-state index contributed by atoms with van der Waals surface area (Å²) in [5.41, 5.74) is 8.55. The Kier molecular flexibility index (Phi) is 3.19. The van der Waals surface area contributed by atoms with Gasteiger partial charge in [-0.25, -0.2) is 4.99 Å². The molecule has 2 aliphatic heterocycles. The molecule has 1 aromatic carbocycles. The lowest BCUT2D eigenvalue weighted by Crippen LogP contribution is -2.49. The number of nitrogens with one attached hydrogen (secondary N) is 1. The maximum atomic E-state index is 6.06. The highest BCUT2D eigenvalue weighted by Crippen LogP contribution is 2.25. The number of piperidine rings is 1. The molecule has 0 radical (unpaired) electrons. The number of nitrogens with zero attached hydrogens (tertiary/aromatic N) is 2. The van der Waals surface area contributed by atoms with Crippen molar-refractivity contribution in [3.63, 3.8) is 0 Å². The van der Waals surface area contributed by atoms with E-state index in [1.807, 2.05) is 0 Å². The number of anilines is 1. The van der Waals surface area contributed by atoms with Crippen LogP contribution in [0.5, 0.6) is 0 Å². The lowest BCUT2D eigenvalue weighted by Gasteiger charge is -2.34. The fraction of sp³-hybridized carbons (Fsp3) is 0.500. The van der Waals surface area contributed by atoms with E-state index in [4.69, 9.17) is 5.73 Å². The van der Waals surface area contributed by atoms with Crippen molar-refractivity contribution in [1.82, 2.24) is 5.32 Å². The van der Waals surface area contributed by atoms with E-state index in [1.54, 1.807) is 0 Å². The molecule has 4 nitrogen and oxygen atoms in total. The third-order valence-electron chi connectivity index (χ3n) is 3.79. The Hall–Kier alpha value is -1.55. The molecule has 4 heteroatoms. The number of benzene rings is 1. The third-order valence-corrected chi connectivity index (χ3v) is 3.79. The van der Waals surface area contributed by atoms with Crippen LogP contribution in [0, 0.1) is 0 Å². The summed E-state index contributed by atoms with van der Waals surface area (Å²) < 4.78 is 0. The Morgan fingerprint density at radius 2 is 2.22 bits per heavy atom. The van der Waals surface area contributed by atoms with Crippen molar-refractivity contribution < 1.29 is 0 Å². The Morgan fingerprint density at radius 3 is 3.06 bits per heavy atom. The second-order valence-corrected chi connectivity index (χ2v) is 5.06. The number of hydrogen-bond acceptors (Lipinski definition) is 4. The van der Waals surface area contributed by atoms with Crippen molar-refractivity contribution in [2.24, 2.45) is 10.7 Å². The number of rotatable bonds is 2. The lowest BCUT2D eigenvalue weighted by atomic mass is 10.0. The average Bonchev–Trinajstić information content (AvgIpc) is 2.43. The van der Waals surface area contributed by atoms with Crippen LogP contribution in [-0.4, -0.2) is 25.1 Å². The number of aliphatic imine (C=N–C) groups is 1. The molecule has 0 saturated carbocycles. The van der Waals surface area contributed by atoms with E-state index >= 15 is 0 Å². The summed E-state index contributed by atoms with van der Waals surface area (Å²) in [7, 11) is 0. The minimum atomic E-state index is 0.527. The van der Waals surface area contributed by atoms with Gasteiger partial charge in [0.05, 0.1) is 6.54 Å². The number of fused-ring (bicyclic) bond motifs is 1. The summed E-state index contributed by atoms with van der Waals surface area (Å²) in [5, 5.41) is 3.57. The Bertz CT molecular complexity index is 449. The van der Waals surface area contributed by atoms with Crippen LogP contribution < -0.4 is 16.0 Å². The topological polar surface area (TPSA) is 53.6 Å². The van der Waals surface area contributed by atoms with E-state index < -0.39 is 0 Å². The standard InChI is InChI=1S/C14H20N4/c15-14-17-9-11-5-1-2-7-13(11)18(14)10-12-6-3-4-8-16-12/h1-2,5,7,12,16H,3-4,6,8-10H2,(H2,15,17)/t12-/m0/s1. The molecule has 1 atom stereocenters. The van der Waals surface area contributed by atoms with E-state index in [0.717, 1.165) is 13.1 Å². The zero-order valence-corrected chi connectivity index (χ0v) is 10.6. The second-order valence-electron chi connectivity index (χ2n) is 5.06. The molecule has 1 saturated heterocycles. The van der Waals surface area contributed by atoms with Gasteiger partial charge in [-0.05, 0) is 31.0 Å². The monoisotopic (exact) mass is 244 g/mol. The van der Waals surface area contributed by atoms with Gasteiger partial charge in [-0.1, -0.05) is 24.6 Å². The molecule has 96 valence electrons. The molecule has 3 rings (SSSR count). The predicted molar refractivity (Wildman–Crippen MR) is 74.8 cm³/mol. The first-order valence-corrected chi connectivity index (χ1v) is 6.73. The Morgan fingerprint density at radius 1 is 1.33 bits per heavy atom. The molecule has 1 fully saturated rings. The van der Waals surface area contributed by atoms with Gasteiger partial charge in [0.2, 0.25) is 0 Å². The van der Waals surface area contributed by atoms with Gasteiger partial charge >= 0.3 is 0 Å². The predicted octanol–water partition coefficient (Wildman–Crippen LogP) is 1.46. The first-order valence-electron chi connectivity index (χ1n) is 6.73. The molecule has 0 amide bonds. The van der Waals surface area contributed by atoms with Gasteiger partial charge in [-0.3, -0.25) is 0 Å². The summed E-state index contributed by atoms with van der Waals surface area (Å²) in [5.74, 6) is 0.654. The van der Waals surface area contributed by atoms with Gasteiger partial charge in [-0.15, -0.1) is 0 Å². The largest absolute Gasteiger partial charge is 0.370 e. The third kappa shape index (κ3) is 2.20. The molecule has 0 aliphatic carbocycles. The van der Waals surface area contributed by atoms with Crippen molar-refractivity contribution in [3.05, 3.63) is 29.8 Å². The number of para-hydroxylation sites is 1. The van der Waals surface area contributed by atoms with Gasteiger partial charge in [0.25, 0.3) is 0 Å². The highest BCUT2D eigenvalue weighted by atomic mass is 15.3. The molecular weight excluding hydrogens is 224 g/mol. The Balaban J connectivity index is 1.80. The first-order chi connectivity index (χ1) is 8.84. The molecule has 3 N–H and O–H groups in total. The molecule has 0 aromatic heterocycles. The van der Waals surface area contributed by atoms with E-state index in [2.05, 4.69) is 39.5 Å². The molecule has 2 aliphatic rings. The summed E-state index contributed by atoms with van der Waals surface area (Å²) >= 11 is 0. The van der Waals surface area contributed by atoms with Crippen molar-refractivity contribution in [2.45, 2.75) is 31.8 Å². The molecule has 0 bridgehead atoms. The normalized spacial score (nSPS) is 23.4. The van der Waals surface area contributed by atoms with E-state index in [1.165, 1.54) is 30.5 Å². The van der Waals surface area contributed by atoms with E-state index in [0.29, 0.717) is 18.5 Å². The second kappa shape index (κ2) is 4.98. The van der Waals surface area contributed by atoms with Gasteiger partial charge in [-0.2, -0.15) is 0 Å². The summed E-state index contributed by atoms with van der Waals surface area (Å²) in [6.07, 6.45) is 3.83. The zero-order valence-electron chi connectivity index (χ0n) is 10.6. The van der Waals surface area contributed by atoms with Crippen LogP contribution in [0.3, 0.4) is 0 Å². The van der Waals surface area contributed by atoms with Crippen molar-refractivity contribution in [2.75, 3.05) is 18.0 Å². The molecule has 0 unspecified atom stereocenters. The van der Waals surface area contributed by atoms with E-state index in [9.17, 15) is 0 Å². The summed E-state index contributed by atoms with van der Waals surface area (Å²) in [6.45, 7) is 2.75. The van der Waals surface area contributed by atoms with Crippen molar-refractivity contribution in [3.8, 4) is 0 Å². The fourth-order valence-corrected chi connectivity index (χ4v) is 2.77. The SMILES string of the molecule is NC1=NCc2ccccc2N1C[C@@H]1CCCCN1. The van der Waals surface area contributed by atoms with E-state index in [-0.39, 0.29) is 0 Å². The fourth-order valence-electron chi connectivity index (χ4n) is 2.77.